The van der Waals surface area contributed by atoms with Crippen LogP contribution < -0.4 is 10.1 Å². The van der Waals surface area contributed by atoms with Crippen LogP contribution >= 0.6 is 0 Å². The van der Waals surface area contributed by atoms with Crippen LogP contribution in [0.15, 0.2) is 42.6 Å². The highest BCUT2D eigenvalue weighted by Crippen LogP contribution is 2.12. The molecule has 1 heterocycles. The molecule has 1 N–H and O–H groups in total. The van der Waals surface area contributed by atoms with E-state index in [-0.39, 0.29) is 5.91 Å². The molecule has 0 bridgehead atoms. The van der Waals surface area contributed by atoms with Gasteiger partial charge in [-0.1, -0.05) is 12.1 Å². The normalized spacial score (nSPS) is 10.6. The summed E-state index contributed by atoms with van der Waals surface area (Å²) >= 11 is 0. The number of rotatable bonds is 4. The summed E-state index contributed by atoms with van der Waals surface area (Å²) in [7, 11) is 3.41. The highest BCUT2D eigenvalue weighted by molar-refractivity contribution is 6.01. The molecule has 0 spiro atoms. The van der Waals surface area contributed by atoms with Gasteiger partial charge >= 0.3 is 0 Å². The van der Waals surface area contributed by atoms with Gasteiger partial charge in [0, 0.05) is 25.4 Å². The summed E-state index contributed by atoms with van der Waals surface area (Å²) in [6.07, 6.45) is 4.97. The average Bonchev–Trinajstić information content (AvgIpc) is 2.82. The summed E-state index contributed by atoms with van der Waals surface area (Å²) in [5.74, 6) is 1.11. The van der Waals surface area contributed by atoms with E-state index in [1.54, 1.807) is 37.2 Å². The van der Waals surface area contributed by atoms with Gasteiger partial charge in [0.1, 0.15) is 5.75 Å². The lowest BCUT2D eigenvalue weighted by atomic mass is 10.2. The number of hydrogen-bond donors (Lipinski definition) is 1. The molecule has 0 aliphatic heterocycles. The van der Waals surface area contributed by atoms with E-state index in [9.17, 15) is 4.79 Å². The molecule has 2 rings (SSSR count). The lowest BCUT2D eigenvalue weighted by Crippen LogP contribution is -2.08. The van der Waals surface area contributed by atoms with E-state index in [0.29, 0.717) is 5.82 Å². The molecule has 0 saturated heterocycles. The fourth-order valence-corrected chi connectivity index (χ4v) is 1.54. The van der Waals surface area contributed by atoms with E-state index < -0.39 is 0 Å². The maximum Gasteiger partial charge on any atom is 0.249 e. The molecule has 0 radical (unpaired) electrons. The van der Waals surface area contributed by atoms with E-state index >= 15 is 0 Å². The number of anilines is 1. The minimum absolute atomic E-state index is 0.213. The first kappa shape index (κ1) is 12.9. The van der Waals surface area contributed by atoms with Gasteiger partial charge in [-0.05, 0) is 23.8 Å². The molecular formula is C14H15N3O2. The lowest BCUT2D eigenvalue weighted by Gasteiger charge is -1.99. The van der Waals surface area contributed by atoms with E-state index in [1.165, 1.54) is 6.08 Å². The second-order valence-corrected chi connectivity index (χ2v) is 3.97. The quantitative estimate of drug-likeness (QED) is 0.853. The number of aryl methyl sites for hydroxylation is 1. The zero-order chi connectivity index (χ0) is 13.7. The first-order valence-electron chi connectivity index (χ1n) is 5.80. The molecule has 5 nitrogen and oxygen atoms in total. The molecule has 0 atom stereocenters. The fraction of sp³-hybridized carbons (Fsp3) is 0.143. The van der Waals surface area contributed by atoms with Crippen LogP contribution in [-0.4, -0.2) is 22.8 Å². The minimum atomic E-state index is -0.213. The van der Waals surface area contributed by atoms with Gasteiger partial charge < -0.3 is 10.1 Å². The SMILES string of the molecule is COc1ccc(C=CC(=O)Nc2ccn(C)n2)cc1. The van der Waals surface area contributed by atoms with Crippen LogP contribution in [0, 0.1) is 0 Å². The van der Waals surface area contributed by atoms with Crippen molar-refractivity contribution in [1.82, 2.24) is 9.78 Å². The molecule has 1 aromatic heterocycles. The van der Waals surface area contributed by atoms with Gasteiger partial charge in [0.2, 0.25) is 5.91 Å². The predicted octanol–water partition coefficient (Wildman–Crippen LogP) is 2.08. The topological polar surface area (TPSA) is 56.1 Å². The molecular weight excluding hydrogens is 242 g/mol. The van der Waals surface area contributed by atoms with Crippen molar-refractivity contribution in [2.75, 3.05) is 12.4 Å². The van der Waals surface area contributed by atoms with Crippen LogP contribution in [0.3, 0.4) is 0 Å². The Labute approximate surface area is 111 Å². The third kappa shape index (κ3) is 3.70. The molecule has 0 fully saturated rings. The second-order valence-electron chi connectivity index (χ2n) is 3.97. The average molecular weight is 257 g/mol. The summed E-state index contributed by atoms with van der Waals surface area (Å²) in [5, 5.41) is 6.74. The zero-order valence-electron chi connectivity index (χ0n) is 10.8. The third-order valence-corrected chi connectivity index (χ3v) is 2.51. The molecule has 1 amide bonds. The van der Waals surface area contributed by atoms with Gasteiger partial charge in [0.05, 0.1) is 7.11 Å². The zero-order valence-corrected chi connectivity index (χ0v) is 10.8. The Bertz CT molecular complexity index is 585. The number of amides is 1. The Morgan fingerprint density at radius 3 is 2.63 bits per heavy atom. The Hall–Kier alpha value is -2.56. The number of ether oxygens (including phenoxy) is 1. The number of nitrogens with one attached hydrogen (secondary N) is 1. The molecule has 0 aliphatic rings. The third-order valence-electron chi connectivity index (χ3n) is 2.51. The largest absolute Gasteiger partial charge is 0.497 e. The number of nitrogens with zero attached hydrogens (tertiary/aromatic N) is 2. The maximum atomic E-state index is 11.6. The summed E-state index contributed by atoms with van der Waals surface area (Å²) in [6.45, 7) is 0. The van der Waals surface area contributed by atoms with Crippen molar-refractivity contribution in [3.8, 4) is 5.75 Å². The highest BCUT2D eigenvalue weighted by atomic mass is 16.5. The van der Waals surface area contributed by atoms with Crippen molar-refractivity contribution in [3.63, 3.8) is 0 Å². The number of benzene rings is 1. The molecule has 0 unspecified atom stereocenters. The van der Waals surface area contributed by atoms with Crippen molar-refractivity contribution < 1.29 is 9.53 Å². The number of methoxy groups -OCH3 is 1. The molecule has 0 aliphatic carbocycles. The van der Waals surface area contributed by atoms with Crippen molar-refractivity contribution in [1.29, 1.82) is 0 Å². The van der Waals surface area contributed by atoms with Gasteiger partial charge in [-0.2, -0.15) is 5.10 Å². The number of hydrogen-bond acceptors (Lipinski definition) is 3. The van der Waals surface area contributed by atoms with Crippen LogP contribution in [0.2, 0.25) is 0 Å². The van der Waals surface area contributed by atoms with Crippen molar-refractivity contribution in [2.45, 2.75) is 0 Å². The Morgan fingerprint density at radius 1 is 1.32 bits per heavy atom. The first-order valence-corrected chi connectivity index (χ1v) is 5.80. The summed E-state index contributed by atoms with van der Waals surface area (Å²) in [5.41, 5.74) is 0.928. The van der Waals surface area contributed by atoms with Crippen LogP contribution in [0.25, 0.3) is 6.08 Å². The summed E-state index contributed by atoms with van der Waals surface area (Å²) < 4.78 is 6.69. The van der Waals surface area contributed by atoms with Crippen LogP contribution in [0.1, 0.15) is 5.56 Å². The molecule has 19 heavy (non-hydrogen) atoms. The van der Waals surface area contributed by atoms with E-state index in [0.717, 1.165) is 11.3 Å². The Morgan fingerprint density at radius 2 is 2.05 bits per heavy atom. The monoisotopic (exact) mass is 257 g/mol. The lowest BCUT2D eigenvalue weighted by molar-refractivity contribution is -0.111. The van der Waals surface area contributed by atoms with Gasteiger partial charge in [0.15, 0.2) is 5.82 Å². The Balaban J connectivity index is 1.95. The van der Waals surface area contributed by atoms with E-state index in [1.807, 2.05) is 24.3 Å². The van der Waals surface area contributed by atoms with Crippen LogP contribution in [0.4, 0.5) is 5.82 Å². The number of carbonyl (C=O) groups is 1. The Kier molecular flexibility index (Phi) is 3.97. The highest BCUT2D eigenvalue weighted by Gasteiger charge is 2.00. The van der Waals surface area contributed by atoms with E-state index in [2.05, 4.69) is 10.4 Å². The maximum absolute atomic E-state index is 11.6. The second kappa shape index (κ2) is 5.86. The van der Waals surface area contributed by atoms with Gasteiger partial charge in [-0.15, -0.1) is 0 Å². The van der Waals surface area contributed by atoms with Crippen LogP contribution in [0.5, 0.6) is 5.75 Å². The summed E-state index contributed by atoms with van der Waals surface area (Å²) in [6, 6.07) is 9.18. The summed E-state index contributed by atoms with van der Waals surface area (Å²) in [4.78, 5) is 11.6. The number of aromatic nitrogens is 2. The number of carbonyl (C=O) groups excluding carboxylic acids is 1. The van der Waals surface area contributed by atoms with Crippen molar-refractivity contribution in [3.05, 3.63) is 48.2 Å². The standard InChI is InChI=1S/C14H15N3O2/c1-17-10-9-13(16-17)15-14(18)8-5-11-3-6-12(19-2)7-4-11/h3-10H,1-2H3,(H,15,16,18). The van der Waals surface area contributed by atoms with Crippen molar-refractivity contribution in [2.24, 2.45) is 7.05 Å². The molecule has 1 aromatic carbocycles. The van der Waals surface area contributed by atoms with E-state index in [4.69, 9.17) is 4.74 Å². The molecule has 5 heteroatoms. The van der Waals surface area contributed by atoms with Gasteiger partial charge in [-0.3, -0.25) is 9.48 Å². The minimum Gasteiger partial charge on any atom is -0.497 e. The van der Waals surface area contributed by atoms with Gasteiger partial charge in [0.25, 0.3) is 0 Å². The fourth-order valence-electron chi connectivity index (χ4n) is 1.54. The predicted molar refractivity (Wildman–Crippen MR) is 73.9 cm³/mol. The smallest absolute Gasteiger partial charge is 0.249 e. The first-order chi connectivity index (χ1) is 9.17. The molecule has 0 saturated carbocycles. The molecule has 98 valence electrons. The van der Waals surface area contributed by atoms with Gasteiger partial charge in [-0.25, -0.2) is 0 Å². The van der Waals surface area contributed by atoms with Crippen molar-refractivity contribution >= 4 is 17.8 Å². The van der Waals surface area contributed by atoms with Crippen LogP contribution in [-0.2, 0) is 11.8 Å². The molecule has 2 aromatic rings.